The lowest BCUT2D eigenvalue weighted by Crippen LogP contribution is -2.48. The van der Waals surface area contributed by atoms with E-state index < -0.39 is 0 Å². The van der Waals surface area contributed by atoms with Gasteiger partial charge in [-0.1, -0.05) is 6.07 Å². The summed E-state index contributed by atoms with van der Waals surface area (Å²) in [5.74, 6) is 0.443. The Morgan fingerprint density at radius 1 is 1.24 bits per heavy atom. The monoisotopic (exact) mass is 343 g/mol. The summed E-state index contributed by atoms with van der Waals surface area (Å²) >= 11 is 0. The molecule has 0 unspecified atom stereocenters. The van der Waals surface area contributed by atoms with Gasteiger partial charge < -0.3 is 9.64 Å². The standard InChI is InChI=1S/C19H22FN3O2/c1-14-3-4-15(11-18(14)25-2)19(24)23-9-7-22(8-10-23)13-16-5-6-21-12-17(16)20/h3-6,11-12H,7-10,13H2,1-2H3. The van der Waals surface area contributed by atoms with Crippen LogP contribution >= 0.6 is 0 Å². The van der Waals surface area contributed by atoms with Crippen molar-refractivity contribution >= 4 is 5.91 Å². The van der Waals surface area contributed by atoms with Crippen molar-refractivity contribution in [2.75, 3.05) is 33.3 Å². The smallest absolute Gasteiger partial charge is 0.254 e. The molecule has 1 aromatic heterocycles. The van der Waals surface area contributed by atoms with Crippen molar-refractivity contribution in [3.63, 3.8) is 0 Å². The van der Waals surface area contributed by atoms with Gasteiger partial charge >= 0.3 is 0 Å². The molecule has 6 heteroatoms. The highest BCUT2D eigenvalue weighted by atomic mass is 19.1. The van der Waals surface area contributed by atoms with Crippen LogP contribution in [-0.2, 0) is 6.54 Å². The van der Waals surface area contributed by atoms with Crippen LogP contribution in [0.2, 0.25) is 0 Å². The first-order chi connectivity index (χ1) is 12.1. The number of ether oxygens (including phenoxy) is 1. The Morgan fingerprint density at radius 3 is 2.68 bits per heavy atom. The van der Waals surface area contributed by atoms with Crippen LogP contribution in [0.4, 0.5) is 4.39 Å². The van der Waals surface area contributed by atoms with Gasteiger partial charge in [0.1, 0.15) is 11.6 Å². The van der Waals surface area contributed by atoms with E-state index in [1.165, 1.54) is 6.20 Å². The number of aryl methyl sites for hydroxylation is 1. The van der Waals surface area contributed by atoms with Gasteiger partial charge in [-0.05, 0) is 30.7 Å². The molecule has 0 N–H and O–H groups in total. The molecule has 132 valence electrons. The van der Waals surface area contributed by atoms with E-state index in [1.807, 2.05) is 24.0 Å². The maximum Gasteiger partial charge on any atom is 0.254 e. The van der Waals surface area contributed by atoms with E-state index >= 15 is 0 Å². The lowest BCUT2D eigenvalue weighted by Gasteiger charge is -2.34. The summed E-state index contributed by atoms with van der Waals surface area (Å²) in [6, 6.07) is 7.22. The van der Waals surface area contributed by atoms with E-state index in [2.05, 4.69) is 9.88 Å². The molecule has 0 bridgehead atoms. The quantitative estimate of drug-likeness (QED) is 0.856. The van der Waals surface area contributed by atoms with Crippen molar-refractivity contribution in [2.24, 2.45) is 0 Å². The zero-order valence-electron chi connectivity index (χ0n) is 14.5. The molecule has 1 aliphatic rings. The highest BCUT2D eigenvalue weighted by molar-refractivity contribution is 5.94. The maximum absolute atomic E-state index is 13.7. The third kappa shape index (κ3) is 3.96. The predicted octanol–water partition coefficient (Wildman–Crippen LogP) is 2.50. The second-order valence-electron chi connectivity index (χ2n) is 6.22. The fourth-order valence-corrected chi connectivity index (χ4v) is 3.02. The van der Waals surface area contributed by atoms with E-state index in [1.54, 1.807) is 25.4 Å². The second-order valence-corrected chi connectivity index (χ2v) is 6.22. The van der Waals surface area contributed by atoms with Crippen LogP contribution < -0.4 is 4.74 Å². The molecule has 1 amide bonds. The fraction of sp³-hybridized carbons (Fsp3) is 0.368. The summed E-state index contributed by atoms with van der Waals surface area (Å²) in [5.41, 5.74) is 2.28. The third-order valence-electron chi connectivity index (χ3n) is 4.56. The van der Waals surface area contributed by atoms with Gasteiger partial charge in [0, 0.05) is 50.0 Å². The lowest BCUT2D eigenvalue weighted by atomic mass is 10.1. The number of carbonyl (C=O) groups is 1. The minimum absolute atomic E-state index is 0.00745. The molecule has 0 spiro atoms. The zero-order valence-corrected chi connectivity index (χ0v) is 14.5. The lowest BCUT2D eigenvalue weighted by molar-refractivity contribution is 0.0626. The summed E-state index contributed by atoms with van der Waals surface area (Å²) in [5, 5.41) is 0. The first kappa shape index (κ1) is 17.4. The molecule has 25 heavy (non-hydrogen) atoms. The number of hydrogen-bond donors (Lipinski definition) is 0. The number of halogens is 1. The number of nitrogens with zero attached hydrogens (tertiary/aromatic N) is 3. The van der Waals surface area contributed by atoms with Crippen molar-refractivity contribution in [3.8, 4) is 5.75 Å². The molecule has 1 saturated heterocycles. The van der Waals surface area contributed by atoms with Crippen LogP contribution in [0.1, 0.15) is 21.5 Å². The molecule has 3 rings (SSSR count). The van der Waals surface area contributed by atoms with Gasteiger partial charge in [-0.3, -0.25) is 14.7 Å². The SMILES string of the molecule is COc1cc(C(=O)N2CCN(Cc3ccncc3F)CC2)ccc1C. The molecule has 0 atom stereocenters. The number of hydrogen-bond acceptors (Lipinski definition) is 4. The van der Waals surface area contributed by atoms with Gasteiger partial charge in [0.05, 0.1) is 13.3 Å². The number of amides is 1. The van der Waals surface area contributed by atoms with Gasteiger partial charge in [0.15, 0.2) is 0 Å². The van der Waals surface area contributed by atoms with Crippen LogP contribution in [0.5, 0.6) is 5.75 Å². The van der Waals surface area contributed by atoms with E-state index in [0.29, 0.717) is 30.8 Å². The molecule has 0 aliphatic carbocycles. The Morgan fingerprint density at radius 2 is 2.00 bits per heavy atom. The van der Waals surface area contributed by atoms with Crippen molar-refractivity contribution in [1.29, 1.82) is 0 Å². The largest absolute Gasteiger partial charge is 0.496 e. The van der Waals surface area contributed by atoms with Crippen LogP contribution in [0, 0.1) is 12.7 Å². The summed E-state index contributed by atoms with van der Waals surface area (Å²) < 4.78 is 19.0. The first-order valence-corrected chi connectivity index (χ1v) is 8.33. The molecule has 0 radical (unpaired) electrons. The van der Waals surface area contributed by atoms with Crippen LogP contribution in [0.25, 0.3) is 0 Å². The topological polar surface area (TPSA) is 45.7 Å². The van der Waals surface area contributed by atoms with Gasteiger partial charge in [-0.2, -0.15) is 0 Å². The minimum Gasteiger partial charge on any atom is -0.496 e. The fourth-order valence-electron chi connectivity index (χ4n) is 3.02. The highest BCUT2D eigenvalue weighted by Crippen LogP contribution is 2.21. The third-order valence-corrected chi connectivity index (χ3v) is 4.56. The molecule has 2 heterocycles. The van der Waals surface area contributed by atoms with E-state index in [-0.39, 0.29) is 11.7 Å². The molecular formula is C19H22FN3O2. The van der Waals surface area contributed by atoms with Crippen molar-refractivity contribution in [2.45, 2.75) is 13.5 Å². The number of pyridine rings is 1. The Labute approximate surface area is 147 Å². The van der Waals surface area contributed by atoms with Crippen molar-refractivity contribution in [1.82, 2.24) is 14.8 Å². The average Bonchev–Trinajstić information content (AvgIpc) is 2.64. The van der Waals surface area contributed by atoms with Crippen molar-refractivity contribution < 1.29 is 13.9 Å². The summed E-state index contributed by atoms with van der Waals surface area (Å²) in [4.78, 5) is 20.4. The minimum atomic E-state index is -0.284. The van der Waals surface area contributed by atoms with Crippen LogP contribution in [-0.4, -0.2) is 54.0 Å². The predicted molar refractivity (Wildman–Crippen MR) is 93.1 cm³/mol. The number of carbonyl (C=O) groups excluding carboxylic acids is 1. The van der Waals surface area contributed by atoms with E-state index in [0.717, 1.165) is 24.4 Å². The van der Waals surface area contributed by atoms with Crippen LogP contribution in [0.3, 0.4) is 0 Å². The average molecular weight is 343 g/mol. The van der Waals surface area contributed by atoms with Gasteiger partial charge in [-0.25, -0.2) is 4.39 Å². The summed E-state index contributed by atoms with van der Waals surface area (Å²) in [6.45, 7) is 5.18. The Balaban J connectivity index is 1.60. The second kappa shape index (κ2) is 7.61. The number of aromatic nitrogens is 1. The normalized spacial score (nSPS) is 15.2. The van der Waals surface area contributed by atoms with Crippen molar-refractivity contribution in [3.05, 3.63) is 59.2 Å². The Hall–Kier alpha value is -2.47. The number of methoxy groups -OCH3 is 1. The Kier molecular flexibility index (Phi) is 5.28. The Bertz CT molecular complexity index is 758. The van der Waals surface area contributed by atoms with Gasteiger partial charge in [0.25, 0.3) is 5.91 Å². The van der Waals surface area contributed by atoms with Gasteiger partial charge in [0.2, 0.25) is 0 Å². The van der Waals surface area contributed by atoms with E-state index in [9.17, 15) is 9.18 Å². The maximum atomic E-state index is 13.7. The molecule has 2 aromatic rings. The summed E-state index contributed by atoms with van der Waals surface area (Å²) in [6.07, 6.45) is 2.84. The number of benzene rings is 1. The molecule has 0 saturated carbocycles. The molecular weight excluding hydrogens is 321 g/mol. The highest BCUT2D eigenvalue weighted by Gasteiger charge is 2.23. The summed E-state index contributed by atoms with van der Waals surface area (Å²) in [7, 11) is 1.60. The number of rotatable bonds is 4. The first-order valence-electron chi connectivity index (χ1n) is 8.33. The molecule has 1 aliphatic heterocycles. The zero-order chi connectivity index (χ0) is 17.8. The van der Waals surface area contributed by atoms with E-state index in [4.69, 9.17) is 4.74 Å². The molecule has 1 aromatic carbocycles. The molecule has 5 nitrogen and oxygen atoms in total. The number of piperazine rings is 1. The van der Waals surface area contributed by atoms with Crippen LogP contribution in [0.15, 0.2) is 36.7 Å². The van der Waals surface area contributed by atoms with Gasteiger partial charge in [-0.15, -0.1) is 0 Å². The molecule has 1 fully saturated rings.